The molecule has 0 aliphatic rings. The number of carbonyl (C=O) groups is 1. The highest BCUT2D eigenvalue weighted by molar-refractivity contribution is 7.80. The van der Waals surface area contributed by atoms with Crippen LogP contribution in [0.5, 0.6) is 0 Å². The van der Waals surface area contributed by atoms with Crippen LogP contribution in [0.25, 0.3) is 0 Å². The van der Waals surface area contributed by atoms with Crippen molar-refractivity contribution in [2.24, 2.45) is 0 Å². The Morgan fingerprint density at radius 2 is 2.38 bits per heavy atom. The fourth-order valence-corrected chi connectivity index (χ4v) is 0.323. The molecule has 0 spiro atoms. The standard InChI is InChI=1S/C5H9O2S/c1-2-5(6)7-3-4-8/h8H,1-4H2. The summed E-state index contributed by atoms with van der Waals surface area (Å²) < 4.78 is 4.56. The fraction of sp³-hybridized carbons (Fsp3) is 0.600. The van der Waals surface area contributed by atoms with E-state index in [0.717, 1.165) is 0 Å². The Bertz CT molecular complexity index is 72.8. The first-order chi connectivity index (χ1) is 3.81. The van der Waals surface area contributed by atoms with Gasteiger partial charge in [-0.15, -0.1) is 0 Å². The van der Waals surface area contributed by atoms with E-state index >= 15 is 0 Å². The van der Waals surface area contributed by atoms with E-state index in [0.29, 0.717) is 12.4 Å². The number of ether oxygens (including phenoxy) is 1. The van der Waals surface area contributed by atoms with Gasteiger partial charge in [0.25, 0.3) is 0 Å². The van der Waals surface area contributed by atoms with Crippen molar-refractivity contribution in [3.8, 4) is 0 Å². The summed E-state index contributed by atoms with van der Waals surface area (Å²) in [6.45, 7) is 3.73. The fourth-order valence-electron chi connectivity index (χ4n) is 0.232. The molecule has 1 radical (unpaired) electrons. The molecule has 0 heterocycles. The number of hydrogen-bond donors (Lipinski definition) is 1. The first kappa shape index (κ1) is 7.82. The second-order valence-corrected chi connectivity index (χ2v) is 1.64. The number of esters is 1. The summed E-state index contributed by atoms with van der Waals surface area (Å²) in [7, 11) is 0. The first-order valence-corrected chi connectivity index (χ1v) is 3.00. The lowest BCUT2D eigenvalue weighted by atomic mass is 10.5. The van der Waals surface area contributed by atoms with E-state index in [-0.39, 0.29) is 12.4 Å². The summed E-state index contributed by atoms with van der Waals surface area (Å²) in [5.74, 6) is 0.310. The highest BCUT2D eigenvalue weighted by Crippen LogP contribution is 1.83. The summed E-state index contributed by atoms with van der Waals surface area (Å²) in [5, 5.41) is 0. The van der Waals surface area contributed by atoms with Gasteiger partial charge in [-0.05, 0) is 6.92 Å². The van der Waals surface area contributed by atoms with Crippen molar-refractivity contribution in [2.45, 2.75) is 6.42 Å². The molecule has 0 N–H and O–H groups in total. The first-order valence-electron chi connectivity index (χ1n) is 2.37. The second-order valence-electron chi connectivity index (χ2n) is 1.19. The Morgan fingerprint density at radius 1 is 1.75 bits per heavy atom. The molecule has 0 saturated heterocycles. The molecule has 0 saturated carbocycles. The molecule has 0 rings (SSSR count). The number of carbonyl (C=O) groups excluding carboxylic acids is 1. The van der Waals surface area contributed by atoms with E-state index in [1.54, 1.807) is 0 Å². The summed E-state index contributed by atoms with van der Waals surface area (Å²) in [5.41, 5.74) is 0. The van der Waals surface area contributed by atoms with Crippen molar-refractivity contribution in [3.63, 3.8) is 0 Å². The maximum Gasteiger partial charge on any atom is 0.305 e. The van der Waals surface area contributed by atoms with Crippen molar-refractivity contribution < 1.29 is 9.53 Å². The van der Waals surface area contributed by atoms with Crippen LogP contribution < -0.4 is 0 Å². The van der Waals surface area contributed by atoms with E-state index in [2.05, 4.69) is 24.3 Å². The minimum atomic E-state index is -0.265. The third kappa shape index (κ3) is 3.99. The molecule has 2 nitrogen and oxygen atoms in total. The third-order valence-corrected chi connectivity index (χ3v) is 0.741. The lowest BCUT2D eigenvalue weighted by Gasteiger charge is -1.96. The van der Waals surface area contributed by atoms with Gasteiger partial charge in [-0.1, -0.05) is 0 Å². The third-order valence-electron chi connectivity index (χ3n) is 0.558. The van der Waals surface area contributed by atoms with Crippen molar-refractivity contribution in [3.05, 3.63) is 6.92 Å². The molecule has 0 fully saturated rings. The van der Waals surface area contributed by atoms with Gasteiger partial charge in [-0.3, -0.25) is 4.79 Å². The van der Waals surface area contributed by atoms with Crippen molar-refractivity contribution in [1.29, 1.82) is 0 Å². The predicted molar refractivity (Wildman–Crippen MR) is 34.8 cm³/mol. The van der Waals surface area contributed by atoms with E-state index < -0.39 is 0 Å². The molecule has 0 aromatic heterocycles. The van der Waals surface area contributed by atoms with Gasteiger partial charge in [0, 0.05) is 12.2 Å². The van der Waals surface area contributed by atoms with Gasteiger partial charge in [0.1, 0.15) is 6.61 Å². The van der Waals surface area contributed by atoms with Gasteiger partial charge in [-0.2, -0.15) is 12.6 Å². The van der Waals surface area contributed by atoms with Crippen LogP contribution in [-0.2, 0) is 9.53 Å². The Kier molecular flexibility index (Phi) is 4.85. The summed E-state index contributed by atoms with van der Waals surface area (Å²) in [6, 6.07) is 0. The molecule has 0 atom stereocenters. The zero-order valence-corrected chi connectivity index (χ0v) is 5.49. The molecular formula is C5H9O2S. The topological polar surface area (TPSA) is 26.3 Å². The van der Waals surface area contributed by atoms with E-state index in [1.165, 1.54) is 0 Å². The summed E-state index contributed by atoms with van der Waals surface area (Å²) >= 11 is 3.84. The number of thiol groups is 1. The average Bonchev–Trinajstić information content (AvgIpc) is 1.83. The lowest BCUT2D eigenvalue weighted by molar-refractivity contribution is -0.141. The van der Waals surface area contributed by atoms with E-state index in [1.807, 2.05) is 0 Å². The summed E-state index contributed by atoms with van der Waals surface area (Å²) in [4.78, 5) is 10.3. The molecule has 0 aliphatic heterocycles. The molecule has 0 amide bonds. The van der Waals surface area contributed by atoms with Crippen LogP contribution in [0.4, 0.5) is 0 Å². The Balaban J connectivity index is 2.99. The largest absolute Gasteiger partial charge is 0.465 e. The minimum Gasteiger partial charge on any atom is -0.465 e. The molecule has 8 heavy (non-hydrogen) atoms. The Labute approximate surface area is 54.6 Å². The maximum atomic E-state index is 10.3. The summed E-state index contributed by atoms with van der Waals surface area (Å²) in [6.07, 6.45) is 0.202. The lowest BCUT2D eigenvalue weighted by Crippen LogP contribution is -2.04. The number of hydrogen-bond acceptors (Lipinski definition) is 3. The van der Waals surface area contributed by atoms with E-state index in [4.69, 9.17) is 0 Å². The van der Waals surface area contributed by atoms with Crippen LogP contribution in [0.2, 0.25) is 0 Å². The van der Waals surface area contributed by atoms with Gasteiger partial charge in [0.15, 0.2) is 0 Å². The van der Waals surface area contributed by atoms with Crippen LogP contribution in [0.15, 0.2) is 0 Å². The Morgan fingerprint density at radius 3 is 2.75 bits per heavy atom. The quantitative estimate of drug-likeness (QED) is 0.452. The zero-order chi connectivity index (χ0) is 6.41. The molecule has 0 bridgehead atoms. The van der Waals surface area contributed by atoms with Crippen LogP contribution >= 0.6 is 12.6 Å². The normalized spacial score (nSPS) is 8.75. The molecule has 3 heteroatoms. The van der Waals surface area contributed by atoms with Crippen molar-refractivity contribution >= 4 is 18.6 Å². The van der Waals surface area contributed by atoms with Crippen molar-refractivity contribution in [1.82, 2.24) is 0 Å². The van der Waals surface area contributed by atoms with E-state index in [9.17, 15) is 4.79 Å². The predicted octanol–water partition coefficient (Wildman–Crippen LogP) is 0.684. The smallest absolute Gasteiger partial charge is 0.305 e. The minimum absolute atomic E-state index is 0.202. The van der Waals surface area contributed by atoms with Gasteiger partial charge in [-0.25, -0.2) is 0 Å². The molecule has 47 valence electrons. The molecule has 0 aromatic rings. The SMILES string of the molecule is [CH2]CC(=O)OCCS. The van der Waals surface area contributed by atoms with Crippen LogP contribution in [0.1, 0.15) is 6.42 Å². The van der Waals surface area contributed by atoms with Gasteiger partial charge in [0.05, 0.1) is 0 Å². The van der Waals surface area contributed by atoms with Crippen LogP contribution in [0, 0.1) is 6.92 Å². The highest BCUT2D eigenvalue weighted by atomic mass is 32.1. The van der Waals surface area contributed by atoms with Gasteiger partial charge >= 0.3 is 5.97 Å². The molecular weight excluding hydrogens is 124 g/mol. The van der Waals surface area contributed by atoms with Gasteiger partial charge < -0.3 is 4.74 Å². The van der Waals surface area contributed by atoms with Crippen LogP contribution in [0.3, 0.4) is 0 Å². The average molecular weight is 133 g/mol. The van der Waals surface area contributed by atoms with Crippen molar-refractivity contribution in [2.75, 3.05) is 12.4 Å². The molecule has 0 aromatic carbocycles. The Hall–Kier alpha value is -0.180. The van der Waals surface area contributed by atoms with Crippen LogP contribution in [-0.4, -0.2) is 18.3 Å². The number of rotatable bonds is 3. The molecule has 0 aliphatic carbocycles. The highest BCUT2D eigenvalue weighted by Gasteiger charge is 1.93. The molecule has 0 unspecified atom stereocenters. The van der Waals surface area contributed by atoms with Gasteiger partial charge in [0.2, 0.25) is 0 Å². The monoisotopic (exact) mass is 133 g/mol. The zero-order valence-electron chi connectivity index (χ0n) is 4.59. The second kappa shape index (κ2) is 4.97. The maximum absolute atomic E-state index is 10.3.